The number of hydrogen-bond donors (Lipinski definition) is 1. The molecule has 0 unspecified atom stereocenters. The summed E-state index contributed by atoms with van der Waals surface area (Å²) < 4.78 is 5.77. The van der Waals surface area contributed by atoms with E-state index in [1.54, 1.807) is 0 Å². The van der Waals surface area contributed by atoms with E-state index in [1.165, 1.54) is 0 Å². The van der Waals surface area contributed by atoms with Gasteiger partial charge in [-0.15, -0.1) is 24.8 Å². The topological polar surface area (TPSA) is 44.8 Å². The molecule has 0 spiro atoms. The number of nitrogens with one attached hydrogen (secondary N) is 1. The number of hydrogen-bond acceptors (Lipinski definition) is 4. The molecule has 0 aromatic heterocycles. The lowest BCUT2D eigenvalue weighted by molar-refractivity contribution is 0.0707. The maximum Gasteiger partial charge on any atom is 0.253 e. The summed E-state index contributed by atoms with van der Waals surface area (Å²) in [6.07, 6.45) is 2.05. The van der Waals surface area contributed by atoms with Gasteiger partial charge in [-0.3, -0.25) is 4.79 Å². The summed E-state index contributed by atoms with van der Waals surface area (Å²) in [5, 5.41) is 3.29. The Labute approximate surface area is 170 Å². The molecular formula is C19H33Cl2N3O2. The molecule has 0 bridgehead atoms. The van der Waals surface area contributed by atoms with E-state index in [1.807, 2.05) is 36.2 Å². The molecule has 1 fully saturated rings. The van der Waals surface area contributed by atoms with Crippen molar-refractivity contribution in [3.63, 3.8) is 0 Å². The van der Waals surface area contributed by atoms with Crippen molar-refractivity contribution in [2.24, 2.45) is 0 Å². The third-order valence-corrected chi connectivity index (χ3v) is 4.86. The molecule has 1 heterocycles. The van der Waals surface area contributed by atoms with Crippen molar-refractivity contribution < 1.29 is 9.53 Å². The zero-order chi connectivity index (χ0) is 17.4. The Morgan fingerprint density at radius 1 is 1.15 bits per heavy atom. The van der Waals surface area contributed by atoms with Crippen molar-refractivity contribution >= 4 is 30.7 Å². The van der Waals surface area contributed by atoms with Crippen LogP contribution in [-0.2, 0) is 0 Å². The van der Waals surface area contributed by atoms with Crippen LogP contribution in [0.4, 0.5) is 0 Å². The molecule has 1 amide bonds. The fourth-order valence-corrected chi connectivity index (χ4v) is 3.08. The van der Waals surface area contributed by atoms with Gasteiger partial charge in [0, 0.05) is 31.2 Å². The van der Waals surface area contributed by atoms with Crippen molar-refractivity contribution in [3.05, 3.63) is 29.8 Å². The van der Waals surface area contributed by atoms with Gasteiger partial charge in [0.15, 0.2) is 0 Å². The van der Waals surface area contributed by atoms with Crippen molar-refractivity contribution in [1.82, 2.24) is 15.1 Å². The minimum atomic E-state index is 0. The van der Waals surface area contributed by atoms with Crippen molar-refractivity contribution in [2.75, 3.05) is 46.4 Å². The minimum Gasteiger partial charge on any atom is -0.492 e. The number of halogens is 2. The predicted molar refractivity (Wildman–Crippen MR) is 112 cm³/mol. The number of piperidine rings is 1. The largest absolute Gasteiger partial charge is 0.492 e. The van der Waals surface area contributed by atoms with E-state index < -0.39 is 0 Å². The van der Waals surface area contributed by atoms with Gasteiger partial charge in [-0.05, 0) is 57.2 Å². The molecule has 1 saturated heterocycles. The second kappa shape index (κ2) is 13.2. The number of rotatable bonds is 8. The average Bonchev–Trinajstić information content (AvgIpc) is 2.65. The van der Waals surface area contributed by atoms with Crippen LogP contribution in [0.15, 0.2) is 24.3 Å². The Morgan fingerprint density at radius 2 is 1.73 bits per heavy atom. The molecule has 1 aromatic carbocycles. The number of likely N-dealkylation sites (tertiary alicyclic amines) is 1. The molecule has 0 radical (unpaired) electrons. The number of benzene rings is 1. The maximum absolute atomic E-state index is 12.5. The minimum absolute atomic E-state index is 0. The SMILES string of the molecule is CCN(CC)CCOc1ccc(C(=O)N2CCC(NC)CC2)cc1.Cl.Cl. The highest BCUT2D eigenvalue weighted by atomic mass is 35.5. The van der Waals surface area contributed by atoms with E-state index in [0.29, 0.717) is 12.6 Å². The second-order valence-electron chi connectivity index (χ2n) is 6.25. The number of ether oxygens (including phenoxy) is 1. The molecule has 1 aromatic rings. The van der Waals surface area contributed by atoms with E-state index in [4.69, 9.17) is 4.74 Å². The van der Waals surface area contributed by atoms with E-state index in [-0.39, 0.29) is 30.7 Å². The molecule has 1 aliphatic heterocycles. The van der Waals surface area contributed by atoms with E-state index >= 15 is 0 Å². The Morgan fingerprint density at radius 3 is 2.23 bits per heavy atom. The fraction of sp³-hybridized carbons (Fsp3) is 0.632. The third-order valence-electron chi connectivity index (χ3n) is 4.86. The number of carbonyl (C=O) groups excluding carboxylic acids is 1. The summed E-state index contributed by atoms with van der Waals surface area (Å²) in [5.74, 6) is 0.951. The lowest BCUT2D eigenvalue weighted by Gasteiger charge is -2.31. The lowest BCUT2D eigenvalue weighted by Crippen LogP contribution is -2.43. The van der Waals surface area contributed by atoms with Crippen molar-refractivity contribution in [2.45, 2.75) is 32.7 Å². The smallest absolute Gasteiger partial charge is 0.253 e. The Hall–Kier alpha value is -1.01. The van der Waals surface area contributed by atoms with Gasteiger partial charge < -0.3 is 19.9 Å². The van der Waals surface area contributed by atoms with Gasteiger partial charge >= 0.3 is 0 Å². The van der Waals surface area contributed by atoms with Gasteiger partial charge in [-0.2, -0.15) is 0 Å². The molecular weight excluding hydrogens is 373 g/mol. The average molecular weight is 406 g/mol. The standard InChI is InChI=1S/C19H31N3O2.2ClH/c1-4-21(5-2)14-15-24-18-8-6-16(7-9-18)19(23)22-12-10-17(20-3)11-13-22;;/h6-9,17,20H,4-5,10-15H2,1-3H3;2*1H. The van der Waals surface area contributed by atoms with Crippen LogP contribution in [0.5, 0.6) is 5.75 Å². The highest BCUT2D eigenvalue weighted by Gasteiger charge is 2.22. The number of amides is 1. The Balaban J connectivity index is 0.00000312. The lowest BCUT2D eigenvalue weighted by atomic mass is 10.0. The normalized spacial score (nSPS) is 14.5. The first-order valence-corrected chi connectivity index (χ1v) is 9.09. The monoisotopic (exact) mass is 405 g/mol. The van der Waals surface area contributed by atoms with Crippen molar-refractivity contribution in [3.8, 4) is 5.75 Å². The Bertz CT molecular complexity index is 502. The molecule has 5 nitrogen and oxygen atoms in total. The van der Waals surface area contributed by atoms with Crippen molar-refractivity contribution in [1.29, 1.82) is 0 Å². The molecule has 0 atom stereocenters. The van der Waals surface area contributed by atoms with Gasteiger partial charge in [0.25, 0.3) is 5.91 Å². The van der Waals surface area contributed by atoms with E-state index in [2.05, 4.69) is 24.1 Å². The molecule has 2 rings (SSSR count). The molecule has 0 saturated carbocycles. The van der Waals surface area contributed by atoms with Crippen LogP contribution in [-0.4, -0.2) is 68.1 Å². The van der Waals surface area contributed by atoms with E-state index in [9.17, 15) is 4.79 Å². The van der Waals surface area contributed by atoms with E-state index in [0.717, 1.165) is 56.9 Å². The molecule has 1 aliphatic rings. The van der Waals surface area contributed by atoms with Crippen LogP contribution < -0.4 is 10.1 Å². The summed E-state index contributed by atoms with van der Waals surface area (Å²) in [4.78, 5) is 16.8. The Kier molecular flexibility index (Phi) is 12.7. The quantitative estimate of drug-likeness (QED) is 0.721. The number of carbonyl (C=O) groups is 1. The number of nitrogens with zero attached hydrogens (tertiary/aromatic N) is 2. The zero-order valence-corrected chi connectivity index (χ0v) is 17.7. The second-order valence-corrected chi connectivity index (χ2v) is 6.25. The summed E-state index contributed by atoms with van der Waals surface area (Å²) in [6, 6.07) is 8.08. The highest BCUT2D eigenvalue weighted by molar-refractivity contribution is 5.94. The van der Waals surface area contributed by atoms with Crippen LogP contribution in [0, 0.1) is 0 Å². The predicted octanol–water partition coefficient (Wildman–Crippen LogP) is 3.07. The molecule has 26 heavy (non-hydrogen) atoms. The van der Waals surface area contributed by atoms with Gasteiger partial charge in [-0.1, -0.05) is 13.8 Å². The van der Waals surface area contributed by atoms with Crippen LogP contribution in [0.3, 0.4) is 0 Å². The fourth-order valence-electron chi connectivity index (χ4n) is 3.08. The first-order chi connectivity index (χ1) is 11.7. The number of likely N-dealkylation sites (N-methyl/N-ethyl adjacent to an activating group) is 1. The van der Waals surface area contributed by atoms with Crippen LogP contribution in [0.1, 0.15) is 37.0 Å². The van der Waals surface area contributed by atoms with Gasteiger partial charge in [0.2, 0.25) is 0 Å². The third kappa shape index (κ3) is 7.31. The van der Waals surface area contributed by atoms with Crippen LogP contribution in [0.2, 0.25) is 0 Å². The molecule has 0 aliphatic carbocycles. The van der Waals surface area contributed by atoms with Gasteiger partial charge in [0.05, 0.1) is 0 Å². The summed E-state index contributed by atoms with van der Waals surface area (Å²) in [7, 11) is 1.99. The molecule has 7 heteroatoms. The maximum atomic E-state index is 12.5. The van der Waals surface area contributed by atoms with Crippen LogP contribution >= 0.6 is 24.8 Å². The first kappa shape index (κ1) is 25.0. The molecule has 150 valence electrons. The zero-order valence-electron chi connectivity index (χ0n) is 16.1. The summed E-state index contributed by atoms with van der Waals surface area (Å²) in [6.45, 7) is 9.64. The first-order valence-electron chi connectivity index (χ1n) is 9.09. The molecule has 1 N–H and O–H groups in total. The summed E-state index contributed by atoms with van der Waals surface area (Å²) in [5.41, 5.74) is 0.744. The van der Waals surface area contributed by atoms with Crippen LogP contribution in [0.25, 0.3) is 0 Å². The van der Waals surface area contributed by atoms with Gasteiger partial charge in [0.1, 0.15) is 12.4 Å². The summed E-state index contributed by atoms with van der Waals surface area (Å²) >= 11 is 0. The highest BCUT2D eigenvalue weighted by Crippen LogP contribution is 2.17. The van der Waals surface area contributed by atoms with Gasteiger partial charge in [-0.25, -0.2) is 0 Å².